The Bertz CT molecular complexity index is 211. The summed E-state index contributed by atoms with van der Waals surface area (Å²) in [5.74, 6) is 0. The Hall–Kier alpha value is -0.920. The molecule has 2 nitrogen and oxygen atoms in total. The summed E-state index contributed by atoms with van der Waals surface area (Å²) in [6, 6.07) is 0. The van der Waals surface area contributed by atoms with E-state index in [1.807, 2.05) is 6.21 Å². The summed E-state index contributed by atoms with van der Waals surface area (Å²) in [5, 5.41) is 0. The van der Waals surface area contributed by atoms with Crippen molar-refractivity contribution in [3.05, 3.63) is 11.6 Å². The molecule has 0 fully saturated rings. The summed E-state index contributed by atoms with van der Waals surface area (Å²) in [7, 11) is 0. The average molecular weight is 120 g/mol. The number of hydrogen-bond donors (Lipinski definition) is 0. The van der Waals surface area contributed by atoms with Crippen LogP contribution < -0.4 is 0 Å². The highest BCUT2D eigenvalue weighted by Crippen LogP contribution is 2.15. The summed E-state index contributed by atoms with van der Waals surface area (Å²) in [5.41, 5.74) is 2.51. The Morgan fingerprint density at radius 3 is 3.33 bits per heavy atom. The van der Waals surface area contributed by atoms with Gasteiger partial charge in [-0.1, -0.05) is 6.08 Å². The topological polar surface area (TPSA) is 24.7 Å². The molecule has 1 aliphatic heterocycles. The molecule has 0 unspecified atom stereocenters. The molecule has 1 heterocycles. The fraction of sp³-hybridized carbons (Fsp3) is 0.429. The van der Waals surface area contributed by atoms with Gasteiger partial charge in [-0.2, -0.15) is 0 Å². The second kappa shape index (κ2) is 1.79. The van der Waals surface area contributed by atoms with Crippen LogP contribution >= 0.6 is 0 Å². The summed E-state index contributed by atoms with van der Waals surface area (Å²) in [6.45, 7) is 0.646. The zero-order valence-electron chi connectivity index (χ0n) is 5.17. The molecule has 46 valence electrons. The lowest BCUT2D eigenvalue weighted by molar-refractivity contribution is 1.04. The molecule has 0 N–H and O–H groups in total. The van der Waals surface area contributed by atoms with Crippen LogP contribution in [-0.4, -0.2) is 18.6 Å². The van der Waals surface area contributed by atoms with Crippen LogP contribution in [0.1, 0.15) is 12.8 Å². The van der Waals surface area contributed by atoms with E-state index in [2.05, 4.69) is 16.1 Å². The van der Waals surface area contributed by atoms with Crippen molar-refractivity contribution in [3.8, 4) is 0 Å². The first-order valence-electron chi connectivity index (χ1n) is 3.20. The molecule has 0 spiro atoms. The van der Waals surface area contributed by atoms with Crippen molar-refractivity contribution >= 4 is 11.9 Å². The lowest BCUT2D eigenvalue weighted by Crippen LogP contribution is -2.03. The number of fused-ring (bicyclic) bond motifs is 1. The van der Waals surface area contributed by atoms with Gasteiger partial charge in [0.05, 0.1) is 0 Å². The second-order valence-corrected chi connectivity index (χ2v) is 2.26. The van der Waals surface area contributed by atoms with Crippen molar-refractivity contribution in [2.24, 2.45) is 9.98 Å². The maximum absolute atomic E-state index is 4.24. The predicted octanol–water partition coefficient (Wildman–Crippen LogP) is 1.19. The van der Waals surface area contributed by atoms with Crippen LogP contribution in [0.5, 0.6) is 0 Å². The number of rotatable bonds is 0. The Labute approximate surface area is 54.0 Å². The zero-order valence-corrected chi connectivity index (χ0v) is 5.17. The third-order valence-electron chi connectivity index (χ3n) is 1.65. The normalized spacial score (nSPS) is 23.1. The fourth-order valence-corrected chi connectivity index (χ4v) is 1.19. The van der Waals surface area contributed by atoms with Gasteiger partial charge in [0, 0.05) is 17.5 Å². The number of aliphatic imine (C=N–C) groups is 2. The van der Waals surface area contributed by atoms with Gasteiger partial charge in [0.2, 0.25) is 0 Å². The van der Waals surface area contributed by atoms with Gasteiger partial charge >= 0.3 is 0 Å². The van der Waals surface area contributed by atoms with Crippen LogP contribution in [0.3, 0.4) is 0 Å². The number of hydrogen-bond acceptors (Lipinski definition) is 2. The van der Waals surface area contributed by atoms with Gasteiger partial charge in [-0.3, -0.25) is 9.98 Å². The SMILES string of the molecule is C1=NCN=C2CCC=C12. The van der Waals surface area contributed by atoms with Crippen molar-refractivity contribution < 1.29 is 0 Å². The van der Waals surface area contributed by atoms with Crippen molar-refractivity contribution in [3.63, 3.8) is 0 Å². The van der Waals surface area contributed by atoms with E-state index in [9.17, 15) is 0 Å². The highest BCUT2D eigenvalue weighted by atomic mass is 14.9. The summed E-state index contributed by atoms with van der Waals surface area (Å²) >= 11 is 0. The quantitative estimate of drug-likeness (QED) is 0.458. The van der Waals surface area contributed by atoms with E-state index < -0.39 is 0 Å². The van der Waals surface area contributed by atoms with E-state index in [1.54, 1.807) is 0 Å². The molecule has 0 radical (unpaired) electrons. The zero-order chi connectivity index (χ0) is 6.10. The molecule has 0 saturated carbocycles. The molecule has 2 heteroatoms. The smallest absolute Gasteiger partial charge is 0.129 e. The third kappa shape index (κ3) is 0.707. The predicted molar refractivity (Wildman–Crippen MR) is 38.1 cm³/mol. The minimum absolute atomic E-state index is 0.646. The Kier molecular flexibility index (Phi) is 0.979. The second-order valence-electron chi connectivity index (χ2n) is 2.26. The molecule has 0 aromatic rings. The molecular formula is C7H8N2. The lowest BCUT2D eigenvalue weighted by Gasteiger charge is -2.01. The van der Waals surface area contributed by atoms with Gasteiger partial charge in [-0.15, -0.1) is 0 Å². The van der Waals surface area contributed by atoms with E-state index >= 15 is 0 Å². The lowest BCUT2D eigenvalue weighted by atomic mass is 10.2. The molecule has 0 bridgehead atoms. The summed E-state index contributed by atoms with van der Waals surface area (Å²) in [4.78, 5) is 8.28. The average Bonchev–Trinajstić information content (AvgIpc) is 2.33. The van der Waals surface area contributed by atoms with Crippen LogP contribution in [0.4, 0.5) is 0 Å². The maximum Gasteiger partial charge on any atom is 0.129 e. The van der Waals surface area contributed by atoms with Crippen molar-refractivity contribution in [1.29, 1.82) is 0 Å². The van der Waals surface area contributed by atoms with Gasteiger partial charge in [0.25, 0.3) is 0 Å². The molecule has 0 saturated heterocycles. The summed E-state index contributed by atoms with van der Waals surface area (Å²) < 4.78 is 0. The Morgan fingerprint density at radius 2 is 2.44 bits per heavy atom. The van der Waals surface area contributed by atoms with E-state index in [4.69, 9.17) is 0 Å². The number of allylic oxidation sites excluding steroid dienone is 2. The van der Waals surface area contributed by atoms with Gasteiger partial charge in [-0.25, -0.2) is 0 Å². The first kappa shape index (κ1) is 4.91. The van der Waals surface area contributed by atoms with Crippen LogP contribution in [0.15, 0.2) is 21.6 Å². The van der Waals surface area contributed by atoms with Gasteiger partial charge in [-0.05, 0) is 12.8 Å². The number of nitrogens with zero attached hydrogens (tertiary/aromatic N) is 2. The van der Waals surface area contributed by atoms with Gasteiger partial charge < -0.3 is 0 Å². The maximum atomic E-state index is 4.24. The molecule has 2 aliphatic rings. The monoisotopic (exact) mass is 120 g/mol. The van der Waals surface area contributed by atoms with Crippen LogP contribution in [0, 0.1) is 0 Å². The van der Waals surface area contributed by atoms with Crippen molar-refractivity contribution in [2.75, 3.05) is 6.67 Å². The van der Waals surface area contributed by atoms with Gasteiger partial charge in [0.15, 0.2) is 0 Å². The molecule has 2 rings (SSSR count). The molecule has 0 aromatic heterocycles. The minimum Gasteiger partial charge on any atom is -0.269 e. The van der Waals surface area contributed by atoms with Crippen LogP contribution in [-0.2, 0) is 0 Å². The standard InChI is InChI=1S/C7H8N2/c1-2-6-4-8-5-9-7(6)3-1/h2,4H,1,3,5H2. The first-order valence-corrected chi connectivity index (χ1v) is 3.20. The highest BCUT2D eigenvalue weighted by Gasteiger charge is 2.12. The van der Waals surface area contributed by atoms with Crippen LogP contribution in [0.25, 0.3) is 0 Å². The Balaban J connectivity index is 2.37. The molecule has 1 aliphatic carbocycles. The van der Waals surface area contributed by atoms with Crippen molar-refractivity contribution in [2.45, 2.75) is 12.8 Å². The Morgan fingerprint density at radius 1 is 1.44 bits per heavy atom. The molecular weight excluding hydrogens is 112 g/mol. The first-order chi connectivity index (χ1) is 4.47. The molecule has 0 amide bonds. The van der Waals surface area contributed by atoms with E-state index in [-0.39, 0.29) is 0 Å². The fourth-order valence-electron chi connectivity index (χ4n) is 1.19. The molecule has 9 heavy (non-hydrogen) atoms. The van der Waals surface area contributed by atoms with Gasteiger partial charge in [0.1, 0.15) is 6.67 Å². The summed E-state index contributed by atoms with van der Waals surface area (Å²) in [6.07, 6.45) is 6.40. The van der Waals surface area contributed by atoms with E-state index in [1.165, 1.54) is 11.3 Å². The van der Waals surface area contributed by atoms with Crippen LogP contribution in [0.2, 0.25) is 0 Å². The third-order valence-corrected chi connectivity index (χ3v) is 1.65. The largest absolute Gasteiger partial charge is 0.269 e. The van der Waals surface area contributed by atoms with E-state index in [0.717, 1.165) is 12.8 Å². The molecule has 0 atom stereocenters. The molecule has 0 aromatic carbocycles. The van der Waals surface area contributed by atoms with Crippen molar-refractivity contribution in [1.82, 2.24) is 0 Å². The minimum atomic E-state index is 0.646. The van der Waals surface area contributed by atoms with E-state index in [0.29, 0.717) is 6.67 Å². The highest BCUT2D eigenvalue weighted by molar-refractivity contribution is 6.18.